The zero-order valence-corrected chi connectivity index (χ0v) is 26.8. The first-order valence-electron chi connectivity index (χ1n) is 13.6. The number of pyridine rings is 1. The summed E-state index contributed by atoms with van der Waals surface area (Å²) in [4.78, 5) is 27.9. The molecule has 45 heavy (non-hydrogen) atoms. The van der Waals surface area contributed by atoms with Gasteiger partial charge >= 0.3 is 5.97 Å². The number of nitrogens with zero attached hydrogens (tertiary/aromatic N) is 1. The highest BCUT2D eigenvalue weighted by Crippen LogP contribution is 2.45. The van der Waals surface area contributed by atoms with Crippen molar-refractivity contribution in [1.29, 1.82) is 0 Å². The van der Waals surface area contributed by atoms with Crippen LogP contribution in [-0.4, -0.2) is 79.6 Å². The van der Waals surface area contributed by atoms with Crippen molar-refractivity contribution in [2.75, 3.05) is 74.8 Å². The summed E-state index contributed by atoms with van der Waals surface area (Å²) < 4.78 is 45.5. The molecule has 0 unspecified atom stereocenters. The minimum Gasteiger partial charge on any atom is -0.493 e. The van der Waals surface area contributed by atoms with Gasteiger partial charge in [-0.15, -0.1) is 12.4 Å². The minimum absolute atomic E-state index is 0. The number of hydrogen-bond acceptors (Lipinski definition) is 11. The van der Waals surface area contributed by atoms with E-state index in [-0.39, 0.29) is 36.7 Å². The molecule has 0 atom stereocenters. The number of fused-ring (bicyclic) bond motifs is 1. The number of aromatic nitrogens is 1. The molecule has 0 aliphatic carbocycles. The molecule has 2 N–H and O–H groups in total. The van der Waals surface area contributed by atoms with E-state index in [1.165, 1.54) is 40.1 Å². The van der Waals surface area contributed by atoms with Gasteiger partial charge in [0.2, 0.25) is 5.75 Å². The van der Waals surface area contributed by atoms with E-state index in [2.05, 4.69) is 0 Å². The van der Waals surface area contributed by atoms with Gasteiger partial charge in [-0.2, -0.15) is 0 Å². The Morgan fingerprint density at radius 2 is 1.33 bits per heavy atom. The summed E-state index contributed by atoms with van der Waals surface area (Å²) in [6.45, 7) is 1.34. The number of benzene rings is 3. The summed E-state index contributed by atoms with van der Waals surface area (Å²) in [6, 6.07) is 13.2. The number of nitrogens with two attached hydrogens (primary N) is 1. The molecule has 0 saturated heterocycles. The third-order valence-electron chi connectivity index (χ3n) is 6.87. The van der Waals surface area contributed by atoms with Crippen molar-refractivity contribution in [2.24, 2.45) is 0 Å². The number of anilines is 1. The summed E-state index contributed by atoms with van der Waals surface area (Å²) >= 11 is 0. The van der Waals surface area contributed by atoms with Crippen molar-refractivity contribution >= 4 is 34.8 Å². The van der Waals surface area contributed by atoms with Crippen molar-refractivity contribution < 1.29 is 42.7 Å². The maximum absolute atomic E-state index is 14.3. The summed E-state index contributed by atoms with van der Waals surface area (Å²) in [7, 11) is 8.78. The predicted octanol–water partition coefficient (Wildman–Crippen LogP) is 4.52. The van der Waals surface area contributed by atoms with Crippen LogP contribution >= 0.6 is 12.4 Å². The highest BCUT2D eigenvalue weighted by atomic mass is 35.5. The lowest BCUT2D eigenvalue weighted by Gasteiger charge is -2.21. The van der Waals surface area contributed by atoms with E-state index in [1.807, 2.05) is 0 Å². The lowest BCUT2D eigenvalue weighted by Crippen LogP contribution is -2.27. The molecule has 0 spiro atoms. The number of halogens is 1. The van der Waals surface area contributed by atoms with Gasteiger partial charge in [0.1, 0.15) is 12.3 Å². The number of carbonyl (C=O) groups excluding carboxylic acids is 1. The van der Waals surface area contributed by atoms with Crippen LogP contribution in [0.25, 0.3) is 27.6 Å². The fourth-order valence-electron chi connectivity index (χ4n) is 4.81. The molecule has 12 nitrogen and oxygen atoms in total. The second kappa shape index (κ2) is 15.9. The van der Waals surface area contributed by atoms with Gasteiger partial charge < -0.3 is 43.6 Å². The Morgan fingerprint density at radius 3 is 1.89 bits per heavy atom. The molecule has 0 saturated carbocycles. The highest BCUT2D eigenvalue weighted by molar-refractivity contribution is 6.08. The van der Waals surface area contributed by atoms with E-state index in [0.717, 1.165) is 0 Å². The summed E-state index contributed by atoms with van der Waals surface area (Å²) in [5, 5.41) is 0.645. The number of carbonyl (C=O) groups is 1. The summed E-state index contributed by atoms with van der Waals surface area (Å²) in [5.41, 5.74) is 7.12. The second-order valence-electron chi connectivity index (χ2n) is 9.36. The number of methoxy groups -OCH3 is 6. The number of rotatable bonds is 14. The molecule has 0 aliphatic rings. The first-order valence-corrected chi connectivity index (χ1v) is 13.6. The topological polar surface area (TPSA) is 139 Å². The van der Waals surface area contributed by atoms with Gasteiger partial charge in [-0.3, -0.25) is 9.36 Å². The molecule has 3 aromatic carbocycles. The van der Waals surface area contributed by atoms with Gasteiger partial charge in [-0.05, 0) is 54.1 Å². The molecule has 0 bridgehead atoms. The predicted molar refractivity (Wildman–Crippen MR) is 172 cm³/mol. The number of hydrogen-bond donors (Lipinski definition) is 1. The van der Waals surface area contributed by atoms with Crippen LogP contribution in [0.3, 0.4) is 0 Å². The van der Waals surface area contributed by atoms with Gasteiger partial charge in [0.05, 0.1) is 60.8 Å². The van der Waals surface area contributed by atoms with Crippen molar-refractivity contribution in [3.8, 4) is 45.6 Å². The third-order valence-corrected chi connectivity index (χ3v) is 6.87. The van der Waals surface area contributed by atoms with E-state index in [0.29, 0.717) is 69.8 Å². The molecule has 4 rings (SSSR count). The fraction of sp³-hybridized carbons (Fsp3) is 0.312. The lowest BCUT2D eigenvalue weighted by atomic mass is 9.95. The number of nitrogen functional groups attached to an aromatic ring is 1. The molecule has 0 radical (unpaired) electrons. The fourth-order valence-corrected chi connectivity index (χ4v) is 4.81. The quantitative estimate of drug-likeness (QED) is 0.118. The van der Waals surface area contributed by atoms with Crippen LogP contribution < -0.4 is 35.0 Å². The minimum atomic E-state index is -0.755. The Labute approximate surface area is 266 Å². The Bertz CT molecular complexity index is 1660. The van der Waals surface area contributed by atoms with Gasteiger partial charge in [-0.1, -0.05) is 0 Å². The highest BCUT2D eigenvalue weighted by Gasteiger charge is 2.28. The van der Waals surface area contributed by atoms with Crippen LogP contribution in [0.4, 0.5) is 5.69 Å². The molecule has 1 aromatic heterocycles. The molecule has 242 valence electrons. The molecular formula is C32H37ClN2O10. The van der Waals surface area contributed by atoms with Crippen LogP contribution in [0.1, 0.15) is 10.5 Å². The Balaban J connectivity index is 0.00000552. The number of ether oxygens (including phenoxy) is 8. The van der Waals surface area contributed by atoms with Crippen LogP contribution in [0.2, 0.25) is 0 Å². The third kappa shape index (κ3) is 7.19. The molecule has 0 aliphatic heterocycles. The first-order chi connectivity index (χ1) is 21.3. The van der Waals surface area contributed by atoms with E-state index in [9.17, 15) is 9.59 Å². The summed E-state index contributed by atoms with van der Waals surface area (Å²) in [5.74, 6) is 0.938. The van der Waals surface area contributed by atoms with Gasteiger partial charge in [0, 0.05) is 29.4 Å². The van der Waals surface area contributed by atoms with Crippen molar-refractivity contribution in [3.63, 3.8) is 0 Å². The van der Waals surface area contributed by atoms with Gasteiger partial charge in [0.25, 0.3) is 5.56 Å². The SMILES string of the molecule is COCCOCCOc1cc2c(-c3cc(OC)c(OC)c(OC)c3)c(C(=O)OC)n(-c3ccc(N)cc3)c(=O)c2cc1OC.Cl. The maximum atomic E-state index is 14.3. The number of esters is 1. The smallest absolute Gasteiger partial charge is 0.355 e. The molecular weight excluding hydrogens is 608 g/mol. The summed E-state index contributed by atoms with van der Waals surface area (Å²) in [6.07, 6.45) is 0. The Kier molecular flexibility index (Phi) is 12.3. The Morgan fingerprint density at radius 1 is 0.733 bits per heavy atom. The van der Waals surface area contributed by atoms with Crippen molar-refractivity contribution in [1.82, 2.24) is 4.57 Å². The van der Waals surface area contributed by atoms with E-state index in [4.69, 9.17) is 43.6 Å². The van der Waals surface area contributed by atoms with Gasteiger partial charge in [-0.25, -0.2) is 4.79 Å². The van der Waals surface area contributed by atoms with E-state index >= 15 is 0 Å². The standard InChI is InChI=1S/C32H36N2O10.ClH/c1-37-11-12-43-13-14-44-25-17-22-23(18-24(25)38-2)31(35)34(21-9-7-20(33)8-10-21)29(32(36)42-6)28(22)19-15-26(39-3)30(41-5)27(16-19)40-4;/h7-10,15-18H,11-14,33H2,1-6H3;1H. The molecule has 0 fully saturated rings. The zero-order valence-electron chi connectivity index (χ0n) is 26.0. The van der Waals surface area contributed by atoms with Crippen LogP contribution in [-0.2, 0) is 14.2 Å². The van der Waals surface area contributed by atoms with Crippen LogP contribution in [0, 0.1) is 0 Å². The Hall–Kier alpha value is -4.65. The molecule has 13 heteroatoms. The van der Waals surface area contributed by atoms with Crippen molar-refractivity contribution in [3.05, 3.63) is 64.6 Å². The van der Waals surface area contributed by atoms with Crippen LogP contribution in [0.5, 0.6) is 28.7 Å². The molecule has 4 aromatic rings. The zero-order chi connectivity index (χ0) is 31.8. The van der Waals surface area contributed by atoms with Crippen molar-refractivity contribution in [2.45, 2.75) is 0 Å². The van der Waals surface area contributed by atoms with Gasteiger partial charge in [0.15, 0.2) is 23.0 Å². The van der Waals surface area contributed by atoms with Crippen LogP contribution in [0.15, 0.2) is 53.3 Å². The first kappa shape index (κ1) is 34.8. The molecule has 1 heterocycles. The second-order valence-corrected chi connectivity index (χ2v) is 9.36. The van der Waals surface area contributed by atoms with E-state index in [1.54, 1.807) is 55.6 Å². The van der Waals surface area contributed by atoms with E-state index < -0.39 is 11.5 Å². The largest absolute Gasteiger partial charge is 0.493 e. The average molecular weight is 645 g/mol. The molecule has 0 amide bonds. The monoisotopic (exact) mass is 644 g/mol. The maximum Gasteiger partial charge on any atom is 0.355 e. The lowest BCUT2D eigenvalue weighted by molar-refractivity contribution is 0.0540. The average Bonchev–Trinajstić information content (AvgIpc) is 3.05. The normalized spacial score (nSPS) is 10.6.